The van der Waals surface area contributed by atoms with Crippen LogP contribution in [0.3, 0.4) is 0 Å². The number of rotatable bonds is 6. The zero-order chi connectivity index (χ0) is 17.8. The van der Waals surface area contributed by atoms with Crippen LogP contribution in [0.1, 0.15) is 25.9 Å². The van der Waals surface area contributed by atoms with Crippen molar-refractivity contribution in [2.75, 3.05) is 7.05 Å². The molecule has 7 heteroatoms. The predicted octanol–water partition coefficient (Wildman–Crippen LogP) is 5.02. The van der Waals surface area contributed by atoms with Crippen LogP contribution in [-0.2, 0) is 13.2 Å². The van der Waals surface area contributed by atoms with Gasteiger partial charge in [-0.15, -0.1) is 22.7 Å². The lowest BCUT2D eigenvalue weighted by atomic mass is 10.2. The molecular formula is C18H17ClN2O2S2. The normalized spacial score (nSPS) is 10.7. The standard InChI is InChI=1S/C18H17ClN2O2S2/c1-12-20-14(11-24-12)10-23-15-5-3-13(4-6-15)18(22)21(2)9-16-7-8-17(19)25-16/h3-8,11H,9-10H2,1-2H3. The van der Waals surface area contributed by atoms with Crippen LogP contribution >= 0.6 is 34.3 Å². The first-order valence-corrected chi connectivity index (χ1v) is 9.72. The monoisotopic (exact) mass is 392 g/mol. The van der Waals surface area contributed by atoms with Gasteiger partial charge in [0.25, 0.3) is 5.91 Å². The van der Waals surface area contributed by atoms with Crippen molar-refractivity contribution in [3.8, 4) is 5.75 Å². The number of hydrogen-bond donors (Lipinski definition) is 0. The Labute approximate surface area is 159 Å². The van der Waals surface area contributed by atoms with Gasteiger partial charge in [-0.1, -0.05) is 11.6 Å². The van der Waals surface area contributed by atoms with E-state index in [0.29, 0.717) is 18.7 Å². The molecule has 3 rings (SSSR count). The third-order valence-electron chi connectivity index (χ3n) is 3.52. The average Bonchev–Trinajstić information content (AvgIpc) is 3.21. The summed E-state index contributed by atoms with van der Waals surface area (Å²) in [5.41, 5.74) is 1.54. The van der Waals surface area contributed by atoms with Crippen molar-refractivity contribution < 1.29 is 9.53 Å². The van der Waals surface area contributed by atoms with Crippen molar-refractivity contribution in [1.82, 2.24) is 9.88 Å². The molecule has 4 nitrogen and oxygen atoms in total. The Bertz CT molecular complexity index is 858. The highest BCUT2D eigenvalue weighted by molar-refractivity contribution is 7.16. The fraction of sp³-hybridized carbons (Fsp3) is 0.222. The van der Waals surface area contributed by atoms with Gasteiger partial charge in [0.2, 0.25) is 0 Å². The summed E-state index contributed by atoms with van der Waals surface area (Å²) in [6, 6.07) is 11.0. The summed E-state index contributed by atoms with van der Waals surface area (Å²) in [7, 11) is 1.78. The van der Waals surface area contributed by atoms with Crippen molar-refractivity contribution in [2.24, 2.45) is 0 Å². The molecule has 0 saturated heterocycles. The number of carbonyl (C=O) groups is 1. The molecule has 0 spiro atoms. The molecule has 0 N–H and O–H groups in total. The van der Waals surface area contributed by atoms with Gasteiger partial charge in [-0.25, -0.2) is 4.98 Å². The largest absolute Gasteiger partial charge is 0.487 e. The molecule has 2 aromatic heterocycles. The van der Waals surface area contributed by atoms with E-state index >= 15 is 0 Å². The zero-order valence-electron chi connectivity index (χ0n) is 13.9. The van der Waals surface area contributed by atoms with Crippen LogP contribution in [0, 0.1) is 6.92 Å². The first-order chi connectivity index (χ1) is 12.0. The number of hydrogen-bond acceptors (Lipinski definition) is 5. The van der Waals surface area contributed by atoms with Crippen LogP contribution in [0.2, 0.25) is 4.34 Å². The molecule has 0 atom stereocenters. The van der Waals surface area contributed by atoms with Crippen molar-refractivity contribution in [1.29, 1.82) is 0 Å². The van der Waals surface area contributed by atoms with Gasteiger partial charge in [-0.3, -0.25) is 4.79 Å². The summed E-state index contributed by atoms with van der Waals surface area (Å²) in [4.78, 5) is 19.6. The second kappa shape index (κ2) is 7.99. The van der Waals surface area contributed by atoms with E-state index in [1.807, 2.05) is 36.6 Å². The maximum absolute atomic E-state index is 12.5. The molecular weight excluding hydrogens is 376 g/mol. The number of ether oxygens (including phenoxy) is 1. The van der Waals surface area contributed by atoms with Gasteiger partial charge in [-0.05, 0) is 43.3 Å². The van der Waals surface area contributed by atoms with Crippen LogP contribution in [0.25, 0.3) is 0 Å². The topological polar surface area (TPSA) is 42.4 Å². The molecule has 0 aliphatic heterocycles. The number of halogens is 1. The summed E-state index contributed by atoms with van der Waals surface area (Å²) in [5.74, 6) is 0.682. The predicted molar refractivity (Wildman–Crippen MR) is 103 cm³/mol. The minimum Gasteiger partial charge on any atom is -0.487 e. The number of aryl methyl sites for hydroxylation is 1. The smallest absolute Gasteiger partial charge is 0.253 e. The highest BCUT2D eigenvalue weighted by atomic mass is 35.5. The summed E-state index contributed by atoms with van der Waals surface area (Å²) < 4.78 is 6.43. The molecule has 0 fully saturated rings. The maximum atomic E-state index is 12.5. The maximum Gasteiger partial charge on any atom is 0.253 e. The fourth-order valence-electron chi connectivity index (χ4n) is 2.29. The average molecular weight is 393 g/mol. The van der Waals surface area contributed by atoms with Crippen molar-refractivity contribution >= 4 is 40.2 Å². The second-order valence-corrected chi connectivity index (χ2v) is 8.40. The Kier molecular flexibility index (Phi) is 5.73. The van der Waals surface area contributed by atoms with Gasteiger partial charge >= 0.3 is 0 Å². The van der Waals surface area contributed by atoms with E-state index in [4.69, 9.17) is 16.3 Å². The van der Waals surface area contributed by atoms with Gasteiger partial charge in [0, 0.05) is 22.9 Å². The van der Waals surface area contributed by atoms with E-state index in [9.17, 15) is 4.79 Å². The number of aromatic nitrogens is 1. The van der Waals surface area contributed by atoms with E-state index in [2.05, 4.69) is 4.98 Å². The molecule has 0 unspecified atom stereocenters. The van der Waals surface area contributed by atoms with Gasteiger partial charge in [0.15, 0.2) is 0 Å². The lowest BCUT2D eigenvalue weighted by molar-refractivity contribution is 0.0786. The lowest BCUT2D eigenvalue weighted by Crippen LogP contribution is -2.25. The van der Waals surface area contributed by atoms with Gasteiger partial charge in [0.05, 0.1) is 21.6 Å². The minimum absolute atomic E-state index is 0.0359. The Balaban J connectivity index is 1.58. The van der Waals surface area contributed by atoms with E-state index in [0.717, 1.165) is 25.7 Å². The van der Waals surface area contributed by atoms with Crippen LogP contribution in [0.4, 0.5) is 0 Å². The van der Waals surface area contributed by atoms with E-state index in [1.165, 1.54) is 11.3 Å². The first-order valence-electron chi connectivity index (χ1n) is 7.65. The molecule has 0 saturated carbocycles. The summed E-state index contributed by atoms with van der Waals surface area (Å²) in [6.45, 7) is 2.93. The fourth-order valence-corrected chi connectivity index (χ4v) is 4.03. The molecule has 1 aromatic carbocycles. The zero-order valence-corrected chi connectivity index (χ0v) is 16.2. The Morgan fingerprint density at radius 1 is 1.24 bits per heavy atom. The third kappa shape index (κ3) is 4.81. The Hall–Kier alpha value is -1.89. The quantitative estimate of drug-likeness (QED) is 0.591. The Morgan fingerprint density at radius 2 is 2.00 bits per heavy atom. The highest BCUT2D eigenvalue weighted by Gasteiger charge is 2.13. The van der Waals surface area contributed by atoms with Crippen LogP contribution < -0.4 is 4.74 Å². The van der Waals surface area contributed by atoms with Crippen LogP contribution in [0.15, 0.2) is 41.8 Å². The third-order valence-corrected chi connectivity index (χ3v) is 5.56. The summed E-state index contributed by atoms with van der Waals surface area (Å²) in [5, 5.41) is 3.01. The molecule has 0 radical (unpaired) electrons. The Morgan fingerprint density at radius 3 is 2.60 bits per heavy atom. The number of thiophene rings is 1. The van der Waals surface area contributed by atoms with Crippen molar-refractivity contribution in [3.05, 3.63) is 67.3 Å². The van der Waals surface area contributed by atoms with E-state index < -0.39 is 0 Å². The number of nitrogens with zero attached hydrogens (tertiary/aromatic N) is 2. The van der Waals surface area contributed by atoms with Crippen LogP contribution in [0.5, 0.6) is 5.75 Å². The van der Waals surface area contributed by atoms with Crippen LogP contribution in [-0.4, -0.2) is 22.8 Å². The van der Waals surface area contributed by atoms with Gasteiger partial charge in [-0.2, -0.15) is 0 Å². The van der Waals surface area contributed by atoms with E-state index in [1.54, 1.807) is 35.4 Å². The van der Waals surface area contributed by atoms with Crippen molar-refractivity contribution in [2.45, 2.75) is 20.1 Å². The SMILES string of the molecule is Cc1nc(COc2ccc(C(=O)N(C)Cc3ccc(Cl)s3)cc2)cs1. The van der Waals surface area contributed by atoms with Gasteiger partial charge in [0.1, 0.15) is 12.4 Å². The number of carbonyl (C=O) groups excluding carboxylic acids is 1. The van der Waals surface area contributed by atoms with Crippen molar-refractivity contribution in [3.63, 3.8) is 0 Å². The minimum atomic E-state index is -0.0359. The number of amides is 1. The molecule has 130 valence electrons. The van der Waals surface area contributed by atoms with Gasteiger partial charge < -0.3 is 9.64 Å². The molecule has 1 amide bonds. The second-order valence-electron chi connectivity index (χ2n) is 5.54. The molecule has 2 heterocycles. The first kappa shape index (κ1) is 17.9. The lowest BCUT2D eigenvalue weighted by Gasteiger charge is -2.16. The molecule has 3 aromatic rings. The van der Waals surface area contributed by atoms with E-state index in [-0.39, 0.29) is 5.91 Å². The molecule has 0 bridgehead atoms. The highest BCUT2D eigenvalue weighted by Crippen LogP contribution is 2.23. The number of thiazole rings is 1. The molecule has 0 aliphatic rings. The molecule has 0 aliphatic carbocycles. The summed E-state index contributed by atoms with van der Waals surface area (Å²) in [6.07, 6.45) is 0. The number of benzene rings is 1. The summed E-state index contributed by atoms with van der Waals surface area (Å²) >= 11 is 9.02. The molecule has 25 heavy (non-hydrogen) atoms.